The number of unbranched alkanes of at least 4 members (excludes halogenated alkanes) is 29. The van der Waals surface area contributed by atoms with Crippen molar-refractivity contribution in [1.29, 1.82) is 0 Å². The van der Waals surface area contributed by atoms with Gasteiger partial charge in [0.05, 0.1) is 0 Å². The molecule has 0 aliphatic rings. The first-order chi connectivity index (χ1) is 27.8. The summed E-state index contributed by atoms with van der Waals surface area (Å²) < 4.78 is 16.8. The lowest BCUT2D eigenvalue weighted by Gasteiger charge is -2.18. The fourth-order valence-electron chi connectivity index (χ4n) is 7.60. The van der Waals surface area contributed by atoms with Crippen LogP contribution >= 0.6 is 0 Å². The summed E-state index contributed by atoms with van der Waals surface area (Å²) in [5.74, 6) is 0.822. The summed E-state index contributed by atoms with van der Waals surface area (Å²) >= 11 is 0. The van der Waals surface area contributed by atoms with E-state index in [0.717, 1.165) is 69.6 Å². The van der Waals surface area contributed by atoms with Gasteiger partial charge in [-0.05, 0) is 31.1 Å². The molecule has 6 nitrogen and oxygen atoms in total. The summed E-state index contributed by atoms with van der Waals surface area (Å²) in [5, 5.41) is 0. The number of hydrogen-bond donors (Lipinski definition) is 0. The number of esters is 3. The molecule has 0 N–H and O–H groups in total. The number of rotatable bonds is 45. The largest absolute Gasteiger partial charge is 0.462 e. The van der Waals surface area contributed by atoms with E-state index in [9.17, 15) is 14.4 Å². The van der Waals surface area contributed by atoms with Gasteiger partial charge in [0.25, 0.3) is 0 Å². The maximum absolute atomic E-state index is 12.8. The van der Waals surface area contributed by atoms with Gasteiger partial charge < -0.3 is 14.2 Å². The molecule has 0 amide bonds. The SMILES string of the molecule is CCCCCCCCCCCCCCCC(=O)OC[C@H](COC(=O)CCCCCCCCCCC(C)CC)OC(=O)CCCCCCCCCCCCCC(C)C. The normalized spacial score (nSPS) is 12.5. The molecule has 0 aliphatic carbocycles. The molecule has 2 atom stereocenters. The molecule has 0 saturated carbocycles. The molecule has 0 spiro atoms. The van der Waals surface area contributed by atoms with Gasteiger partial charge in [-0.3, -0.25) is 14.4 Å². The Morgan fingerprint density at radius 1 is 0.368 bits per heavy atom. The summed E-state index contributed by atoms with van der Waals surface area (Å²) in [6.45, 7) is 11.4. The minimum Gasteiger partial charge on any atom is -0.462 e. The second-order valence-electron chi connectivity index (χ2n) is 18.2. The van der Waals surface area contributed by atoms with Crippen molar-refractivity contribution >= 4 is 17.9 Å². The molecule has 0 heterocycles. The van der Waals surface area contributed by atoms with Gasteiger partial charge in [-0.2, -0.15) is 0 Å². The molecule has 0 bridgehead atoms. The van der Waals surface area contributed by atoms with Gasteiger partial charge in [0.15, 0.2) is 6.10 Å². The molecule has 0 aromatic rings. The number of ether oxygens (including phenoxy) is 3. The smallest absolute Gasteiger partial charge is 0.306 e. The van der Waals surface area contributed by atoms with E-state index < -0.39 is 6.10 Å². The summed E-state index contributed by atoms with van der Waals surface area (Å²) in [4.78, 5) is 37.9. The van der Waals surface area contributed by atoms with Gasteiger partial charge in [0.1, 0.15) is 13.2 Å². The molecule has 6 heteroatoms. The van der Waals surface area contributed by atoms with Gasteiger partial charge in [0, 0.05) is 19.3 Å². The van der Waals surface area contributed by atoms with Crippen LogP contribution in [0, 0.1) is 11.8 Å². The third kappa shape index (κ3) is 43.8. The Balaban J connectivity index is 4.34. The predicted octanol–water partition coefficient (Wildman–Crippen LogP) is 16.1. The van der Waals surface area contributed by atoms with E-state index in [1.54, 1.807) is 0 Å². The van der Waals surface area contributed by atoms with Gasteiger partial charge in [0.2, 0.25) is 0 Å². The van der Waals surface area contributed by atoms with E-state index >= 15 is 0 Å². The first kappa shape index (κ1) is 55.4. The highest BCUT2D eigenvalue weighted by Gasteiger charge is 2.19. The molecule has 0 fully saturated rings. The summed E-state index contributed by atoms with van der Waals surface area (Å²) in [5.41, 5.74) is 0. The second-order valence-corrected chi connectivity index (χ2v) is 18.2. The number of hydrogen-bond acceptors (Lipinski definition) is 6. The Labute approximate surface area is 355 Å². The van der Waals surface area contributed by atoms with Crippen LogP contribution in [0.25, 0.3) is 0 Å². The van der Waals surface area contributed by atoms with E-state index in [2.05, 4.69) is 34.6 Å². The van der Waals surface area contributed by atoms with Crippen molar-refractivity contribution in [2.45, 2.75) is 285 Å². The standard InChI is InChI=1S/C51H98O6/c1-6-8-9-10-11-12-13-14-17-20-26-31-36-41-49(52)55-44-48(45-56-50(53)42-37-32-27-23-22-25-30-35-40-47(5)7-2)57-51(54)43-38-33-28-21-18-15-16-19-24-29-34-39-46(3)4/h46-48H,6-45H2,1-5H3/t47?,48-/m1/s1. The third-order valence-electron chi connectivity index (χ3n) is 11.8. The molecule has 1 unspecified atom stereocenters. The highest BCUT2D eigenvalue weighted by Crippen LogP contribution is 2.17. The fraction of sp³-hybridized carbons (Fsp3) is 0.941. The Morgan fingerprint density at radius 3 is 1.00 bits per heavy atom. The van der Waals surface area contributed by atoms with Crippen LogP contribution in [0.3, 0.4) is 0 Å². The minimum atomic E-state index is -0.761. The third-order valence-corrected chi connectivity index (χ3v) is 11.8. The van der Waals surface area contributed by atoms with Crippen LogP contribution in [-0.2, 0) is 28.6 Å². The van der Waals surface area contributed by atoms with Crippen molar-refractivity contribution < 1.29 is 28.6 Å². The molecule has 0 aliphatic heterocycles. The Morgan fingerprint density at radius 2 is 0.667 bits per heavy atom. The number of carbonyl (C=O) groups excluding carboxylic acids is 3. The van der Waals surface area contributed by atoms with Gasteiger partial charge in [-0.25, -0.2) is 0 Å². The van der Waals surface area contributed by atoms with Crippen LogP contribution in [0.15, 0.2) is 0 Å². The second kappa shape index (κ2) is 44.0. The molecule has 0 saturated heterocycles. The highest BCUT2D eigenvalue weighted by molar-refractivity contribution is 5.71. The molecular formula is C51H98O6. The lowest BCUT2D eigenvalue weighted by molar-refractivity contribution is -0.167. The average molecular weight is 807 g/mol. The molecule has 0 aromatic heterocycles. The van der Waals surface area contributed by atoms with Crippen LogP contribution in [0.5, 0.6) is 0 Å². The minimum absolute atomic E-state index is 0.0641. The summed E-state index contributed by atoms with van der Waals surface area (Å²) in [6.07, 6.45) is 43.6. The zero-order valence-corrected chi connectivity index (χ0v) is 39.0. The van der Waals surface area contributed by atoms with E-state index in [1.807, 2.05) is 0 Å². The maximum Gasteiger partial charge on any atom is 0.306 e. The van der Waals surface area contributed by atoms with Crippen LogP contribution in [0.2, 0.25) is 0 Å². The molecule has 57 heavy (non-hydrogen) atoms. The molecule has 0 radical (unpaired) electrons. The van der Waals surface area contributed by atoms with E-state index in [0.29, 0.717) is 19.3 Å². The predicted molar refractivity (Wildman–Crippen MR) is 243 cm³/mol. The molecule has 0 rings (SSSR count). The zero-order chi connectivity index (χ0) is 41.9. The van der Waals surface area contributed by atoms with Crippen LogP contribution < -0.4 is 0 Å². The van der Waals surface area contributed by atoms with Crippen molar-refractivity contribution in [3.63, 3.8) is 0 Å². The van der Waals surface area contributed by atoms with Crippen molar-refractivity contribution in [1.82, 2.24) is 0 Å². The van der Waals surface area contributed by atoms with Crippen molar-refractivity contribution in [3.8, 4) is 0 Å². The van der Waals surface area contributed by atoms with Crippen molar-refractivity contribution in [2.75, 3.05) is 13.2 Å². The van der Waals surface area contributed by atoms with E-state index in [4.69, 9.17) is 14.2 Å². The average Bonchev–Trinajstić information content (AvgIpc) is 3.19. The highest BCUT2D eigenvalue weighted by atomic mass is 16.6. The molecular weight excluding hydrogens is 709 g/mol. The van der Waals surface area contributed by atoms with Gasteiger partial charge >= 0.3 is 17.9 Å². The summed E-state index contributed by atoms with van der Waals surface area (Å²) in [7, 11) is 0. The first-order valence-corrected chi connectivity index (χ1v) is 25.3. The molecule has 0 aromatic carbocycles. The van der Waals surface area contributed by atoms with Gasteiger partial charge in [-0.15, -0.1) is 0 Å². The van der Waals surface area contributed by atoms with Crippen molar-refractivity contribution in [2.24, 2.45) is 11.8 Å². The van der Waals surface area contributed by atoms with E-state index in [-0.39, 0.29) is 31.1 Å². The first-order valence-electron chi connectivity index (χ1n) is 25.3. The van der Waals surface area contributed by atoms with E-state index in [1.165, 1.54) is 167 Å². The maximum atomic E-state index is 12.8. The Hall–Kier alpha value is -1.59. The lowest BCUT2D eigenvalue weighted by atomic mass is 9.99. The zero-order valence-electron chi connectivity index (χ0n) is 39.0. The topological polar surface area (TPSA) is 78.9 Å². The summed E-state index contributed by atoms with van der Waals surface area (Å²) in [6, 6.07) is 0. The van der Waals surface area contributed by atoms with Crippen molar-refractivity contribution in [3.05, 3.63) is 0 Å². The lowest BCUT2D eigenvalue weighted by Crippen LogP contribution is -2.30. The number of carbonyl (C=O) groups is 3. The Bertz CT molecular complexity index is 872. The van der Waals surface area contributed by atoms with Crippen LogP contribution in [0.1, 0.15) is 279 Å². The van der Waals surface area contributed by atoms with Gasteiger partial charge in [-0.1, -0.05) is 240 Å². The molecule has 338 valence electrons. The Kier molecular flexibility index (Phi) is 42.7. The monoisotopic (exact) mass is 807 g/mol. The fourth-order valence-corrected chi connectivity index (χ4v) is 7.60. The quantitative estimate of drug-likeness (QED) is 0.0346. The van der Waals surface area contributed by atoms with Crippen LogP contribution in [0.4, 0.5) is 0 Å². The van der Waals surface area contributed by atoms with Crippen LogP contribution in [-0.4, -0.2) is 37.2 Å².